The quantitative estimate of drug-likeness (QED) is 0.562. The normalized spacial score (nSPS) is 12.3. The highest BCUT2D eigenvalue weighted by molar-refractivity contribution is 8.00. The lowest BCUT2D eigenvalue weighted by atomic mass is 10.2. The van der Waals surface area contributed by atoms with Crippen molar-refractivity contribution in [3.63, 3.8) is 0 Å². The Morgan fingerprint density at radius 3 is 2.70 bits per heavy atom. The number of para-hydroxylation sites is 1. The summed E-state index contributed by atoms with van der Waals surface area (Å²) in [4.78, 5) is 23.3. The number of rotatable bonds is 4. The van der Waals surface area contributed by atoms with Crippen LogP contribution in [0.15, 0.2) is 41.7 Å². The van der Waals surface area contributed by atoms with Gasteiger partial charge in [-0.3, -0.25) is 4.79 Å². The highest BCUT2D eigenvalue weighted by Crippen LogP contribution is 2.36. The molecule has 23 heavy (non-hydrogen) atoms. The first-order valence-electron chi connectivity index (χ1n) is 7.29. The molecule has 0 fully saturated rings. The first-order chi connectivity index (χ1) is 11.1. The molecular weight excluding hydrogens is 326 g/mol. The van der Waals surface area contributed by atoms with Crippen molar-refractivity contribution in [3.05, 3.63) is 47.1 Å². The summed E-state index contributed by atoms with van der Waals surface area (Å²) < 4.78 is 0. The van der Waals surface area contributed by atoms with E-state index >= 15 is 0 Å². The predicted molar refractivity (Wildman–Crippen MR) is 97.3 cm³/mol. The van der Waals surface area contributed by atoms with Crippen LogP contribution >= 0.6 is 23.1 Å². The number of thioether (sulfide) groups is 1. The van der Waals surface area contributed by atoms with Gasteiger partial charge in [-0.2, -0.15) is 0 Å². The van der Waals surface area contributed by atoms with Crippen molar-refractivity contribution in [1.29, 1.82) is 0 Å². The van der Waals surface area contributed by atoms with E-state index in [0.29, 0.717) is 0 Å². The van der Waals surface area contributed by atoms with Gasteiger partial charge in [0.2, 0.25) is 5.91 Å². The fraction of sp³-hybridized carbons (Fsp3) is 0.235. The molecule has 6 heteroatoms. The van der Waals surface area contributed by atoms with E-state index < -0.39 is 0 Å². The van der Waals surface area contributed by atoms with Crippen LogP contribution in [-0.2, 0) is 4.79 Å². The second-order valence-electron chi connectivity index (χ2n) is 5.26. The summed E-state index contributed by atoms with van der Waals surface area (Å²) in [6.07, 6.45) is 1.57. The van der Waals surface area contributed by atoms with E-state index in [-0.39, 0.29) is 11.2 Å². The van der Waals surface area contributed by atoms with E-state index in [1.165, 1.54) is 22.2 Å². The molecule has 0 aliphatic heterocycles. The van der Waals surface area contributed by atoms with Crippen molar-refractivity contribution in [2.24, 2.45) is 0 Å². The molecule has 0 radical (unpaired) electrons. The van der Waals surface area contributed by atoms with E-state index in [1.54, 1.807) is 17.7 Å². The summed E-state index contributed by atoms with van der Waals surface area (Å²) >= 11 is 3.14. The van der Waals surface area contributed by atoms with Crippen LogP contribution in [0.2, 0.25) is 0 Å². The number of hydrogen-bond acceptors (Lipinski definition) is 5. The largest absolute Gasteiger partial charge is 0.325 e. The fourth-order valence-electron chi connectivity index (χ4n) is 2.23. The maximum atomic E-state index is 12.4. The number of benzene rings is 1. The molecule has 0 saturated carbocycles. The van der Waals surface area contributed by atoms with E-state index in [4.69, 9.17) is 0 Å². The molecule has 3 aromatic rings. The Bertz CT molecular complexity index is 846. The van der Waals surface area contributed by atoms with Crippen molar-refractivity contribution in [2.45, 2.75) is 31.0 Å². The molecule has 0 aliphatic carbocycles. The highest BCUT2D eigenvalue weighted by atomic mass is 32.2. The second kappa shape index (κ2) is 6.68. The number of aryl methyl sites for hydroxylation is 2. The van der Waals surface area contributed by atoms with Gasteiger partial charge >= 0.3 is 0 Å². The molecule has 0 spiro atoms. The highest BCUT2D eigenvalue weighted by Gasteiger charge is 2.19. The molecule has 1 atom stereocenters. The summed E-state index contributed by atoms with van der Waals surface area (Å²) in [5.74, 6) is -0.0300. The van der Waals surface area contributed by atoms with Crippen LogP contribution in [0.5, 0.6) is 0 Å². The minimum absolute atomic E-state index is 0.0300. The van der Waals surface area contributed by atoms with Gasteiger partial charge in [0.1, 0.15) is 16.2 Å². The van der Waals surface area contributed by atoms with Gasteiger partial charge < -0.3 is 5.32 Å². The zero-order valence-corrected chi connectivity index (χ0v) is 14.8. The number of hydrogen-bond donors (Lipinski definition) is 1. The van der Waals surface area contributed by atoms with Gasteiger partial charge in [-0.25, -0.2) is 9.97 Å². The van der Waals surface area contributed by atoms with E-state index in [0.717, 1.165) is 20.9 Å². The maximum absolute atomic E-state index is 12.4. The number of thiophene rings is 1. The van der Waals surface area contributed by atoms with Crippen LogP contribution in [0.4, 0.5) is 5.69 Å². The second-order valence-corrected chi connectivity index (χ2v) is 7.79. The Morgan fingerprint density at radius 1 is 1.22 bits per heavy atom. The monoisotopic (exact) mass is 343 g/mol. The average Bonchev–Trinajstić information content (AvgIpc) is 2.84. The van der Waals surface area contributed by atoms with E-state index in [9.17, 15) is 4.79 Å². The Balaban J connectivity index is 1.80. The third-order valence-electron chi connectivity index (χ3n) is 3.63. The number of carbonyl (C=O) groups is 1. The Kier molecular flexibility index (Phi) is 4.63. The van der Waals surface area contributed by atoms with Gasteiger partial charge in [0.05, 0.1) is 5.25 Å². The van der Waals surface area contributed by atoms with Crippen molar-refractivity contribution < 1.29 is 4.79 Å². The maximum Gasteiger partial charge on any atom is 0.237 e. The van der Waals surface area contributed by atoms with Crippen molar-refractivity contribution in [3.8, 4) is 0 Å². The molecular formula is C17H17N3OS2. The molecule has 0 aliphatic rings. The van der Waals surface area contributed by atoms with Gasteiger partial charge in [0.15, 0.2) is 0 Å². The molecule has 2 aromatic heterocycles. The molecule has 2 heterocycles. The number of anilines is 1. The third-order valence-corrected chi connectivity index (χ3v) is 5.85. The number of amides is 1. The first kappa shape index (κ1) is 16.0. The van der Waals surface area contributed by atoms with E-state index in [2.05, 4.69) is 29.1 Å². The molecule has 1 aromatic carbocycles. The van der Waals surface area contributed by atoms with Crippen LogP contribution in [-0.4, -0.2) is 21.1 Å². The SMILES string of the molecule is Cc1sc2ncnc(SC(C)C(=O)Nc3ccccc3)c2c1C. The summed E-state index contributed by atoms with van der Waals surface area (Å²) in [7, 11) is 0. The minimum atomic E-state index is -0.243. The molecule has 4 nitrogen and oxygen atoms in total. The molecule has 0 bridgehead atoms. The molecule has 0 saturated heterocycles. The van der Waals surface area contributed by atoms with Crippen molar-refractivity contribution >= 4 is 44.9 Å². The summed E-state index contributed by atoms with van der Waals surface area (Å²) in [6, 6.07) is 9.49. The first-order valence-corrected chi connectivity index (χ1v) is 8.99. The zero-order valence-electron chi connectivity index (χ0n) is 13.2. The molecule has 1 amide bonds. The Morgan fingerprint density at radius 2 is 1.96 bits per heavy atom. The summed E-state index contributed by atoms with van der Waals surface area (Å²) in [6.45, 7) is 6.06. The van der Waals surface area contributed by atoms with Gasteiger partial charge in [0, 0.05) is 16.0 Å². The minimum Gasteiger partial charge on any atom is -0.325 e. The van der Waals surface area contributed by atoms with Crippen LogP contribution in [0.1, 0.15) is 17.4 Å². The third kappa shape index (κ3) is 3.38. The lowest BCUT2D eigenvalue weighted by Gasteiger charge is -2.12. The van der Waals surface area contributed by atoms with Crippen LogP contribution in [0.3, 0.4) is 0 Å². The molecule has 1 unspecified atom stereocenters. The lowest BCUT2D eigenvalue weighted by molar-refractivity contribution is -0.115. The average molecular weight is 343 g/mol. The van der Waals surface area contributed by atoms with Crippen LogP contribution in [0, 0.1) is 13.8 Å². The Hall–Kier alpha value is -1.92. The number of aromatic nitrogens is 2. The predicted octanol–water partition coefficient (Wildman–Crippen LogP) is 4.43. The number of nitrogens with one attached hydrogen (secondary N) is 1. The van der Waals surface area contributed by atoms with Gasteiger partial charge in [0.25, 0.3) is 0 Å². The Labute approximate surface area is 143 Å². The van der Waals surface area contributed by atoms with Crippen LogP contribution in [0.25, 0.3) is 10.2 Å². The van der Waals surface area contributed by atoms with Crippen molar-refractivity contribution in [2.75, 3.05) is 5.32 Å². The van der Waals surface area contributed by atoms with Gasteiger partial charge in [-0.1, -0.05) is 30.0 Å². The van der Waals surface area contributed by atoms with E-state index in [1.807, 2.05) is 37.3 Å². The number of fused-ring (bicyclic) bond motifs is 1. The van der Waals surface area contributed by atoms with Gasteiger partial charge in [-0.15, -0.1) is 11.3 Å². The summed E-state index contributed by atoms with van der Waals surface area (Å²) in [5, 5.41) is 4.62. The number of carbonyl (C=O) groups excluding carboxylic acids is 1. The van der Waals surface area contributed by atoms with Crippen molar-refractivity contribution in [1.82, 2.24) is 9.97 Å². The molecule has 3 rings (SSSR count). The summed E-state index contributed by atoms with van der Waals surface area (Å²) in [5.41, 5.74) is 2.00. The molecule has 118 valence electrons. The smallest absolute Gasteiger partial charge is 0.237 e. The fourth-order valence-corrected chi connectivity index (χ4v) is 4.26. The lowest BCUT2D eigenvalue weighted by Crippen LogP contribution is -2.22. The zero-order chi connectivity index (χ0) is 16.4. The van der Waals surface area contributed by atoms with Crippen LogP contribution < -0.4 is 5.32 Å². The number of nitrogens with zero attached hydrogens (tertiary/aromatic N) is 2. The van der Waals surface area contributed by atoms with Gasteiger partial charge in [-0.05, 0) is 38.5 Å². The molecule has 1 N–H and O–H groups in total. The standard InChI is InChI=1S/C17H17N3OS2/c1-10-11(2)22-16-14(10)17(19-9-18-16)23-12(3)15(21)20-13-7-5-4-6-8-13/h4-9,12H,1-3H3,(H,20,21). The topological polar surface area (TPSA) is 54.9 Å².